The summed E-state index contributed by atoms with van der Waals surface area (Å²) in [5.41, 5.74) is 2.37. The maximum Gasteiger partial charge on any atom is 0.0608 e. The number of rotatable bonds is 5. The predicted molar refractivity (Wildman–Crippen MR) is 69.4 cm³/mol. The van der Waals surface area contributed by atoms with E-state index in [-0.39, 0.29) is 12.1 Å². The average molecular weight is 221 g/mol. The van der Waals surface area contributed by atoms with E-state index < -0.39 is 0 Å². The highest BCUT2D eigenvalue weighted by Crippen LogP contribution is 2.37. The highest BCUT2D eigenvalue weighted by atomic mass is 16.3. The molecule has 1 fully saturated rings. The third-order valence-corrected chi connectivity index (χ3v) is 3.46. The lowest BCUT2D eigenvalue weighted by Gasteiger charge is -2.41. The summed E-state index contributed by atoms with van der Waals surface area (Å²) in [6.07, 6.45) is 8.44. The lowest BCUT2D eigenvalue weighted by atomic mass is 9.73. The van der Waals surface area contributed by atoms with Gasteiger partial charge in [0.15, 0.2) is 0 Å². The van der Waals surface area contributed by atoms with Crippen molar-refractivity contribution in [2.75, 3.05) is 13.2 Å². The molecule has 1 saturated carbocycles. The molecule has 1 atom stereocenters. The van der Waals surface area contributed by atoms with Gasteiger partial charge in [0.05, 0.1) is 12.1 Å². The summed E-state index contributed by atoms with van der Waals surface area (Å²) in [5.74, 6) is 0. The molecule has 2 nitrogen and oxygen atoms in total. The summed E-state index contributed by atoms with van der Waals surface area (Å²) in [6.45, 7) is 10.8. The summed E-state index contributed by atoms with van der Waals surface area (Å²) >= 11 is 0. The Labute approximate surface area is 98.8 Å². The smallest absolute Gasteiger partial charge is 0.0608 e. The zero-order valence-electron chi connectivity index (χ0n) is 10.3. The van der Waals surface area contributed by atoms with Crippen molar-refractivity contribution >= 4 is 0 Å². The molecule has 16 heavy (non-hydrogen) atoms. The summed E-state index contributed by atoms with van der Waals surface area (Å²) < 4.78 is 0. The van der Waals surface area contributed by atoms with E-state index in [1.165, 1.54) is 24.0 Å². The Bertz CT molecular complexity index is 293. The van der Waals surface area contributed by atoms with Gasteiger partial charge in [-0.15, -0.1) is 0 Å². The fourth-order valence-electron chi connectivity index (χ4n) is 2.54. The van der Waals surface area contributed by atoms with Crippen LogP contribution in [0.2, 0.25) is 0 Å². The first kappa shape index (κ1) is 13.2. The van der Waals surface area contributed by atoms with E-state index in [1.54, 1.807) is 0 Å². The number of allylic oxidation sites excluding steroid dienone is 2. The number of hydrogen-bond acceptors (Lipinski definition) is 2. The van der Waals surface area contributed by atoms with Crippen LogP contribution < -0.4 is 5.32 Å². The first-order valence-corrected chi connectivity index (χ1v) is 6.01. The molecule has 2 heteroatoms. The number of aliphatic hydroxyl groups excluding tert-OH is 1. The Morgan fingerprint density at radius 2 is 2.31 bits per heavy atom. The minimum absolute atomic E-state index is 0.116. The second-order valence-corrected chi connectivity index (χ2v) is 4.45. The van der Waals surface area contributed by atoms with Gasteiger partial charge >= 0.3 is 0 Å². The first-order chi connectivity index (χ1) is 7.67. The second-order valence-electron chi connectivity index (χ2n) is 4.45. The first-order valence-electron chi connectivity index (χ1n) is 6.01. The molecule has 1 aliphatic rings. The van der Waals surface area contributed by atoms with E-state index >= 15 is 0 Å². The van der Waals surface area contributed by atoms with Crippen LogP contribution in [0.25, 0.3) is 0 Å². The third kappa shape index (κ3) is 2.63. The molecule has 0 bridgehead atoms. The largest absolute Gasteiger partial charge is 0.395 e. The molecule has 0 aromatic carbocycles. The predicted octanol–water partition coefficient (Wildman–Crippen LogP) is 2.57. The van der Waals surface area contributed by atoms with E-state index in [2.05, 4.69) is 25.4 Å². The molecule has 0 saturated heterocycles. The van der Waals surface area contributed by atoms with Crippen molar-refractivity contribution < 1.29 is 5.11 Å². The van der Waals surface area contributed by atoms with Gasteiger partial charge in [-0.1, -0.05) is 37.3 Å². The highest BCUT2D eigenvalue weighted by Gasteiger charge is 2.35. The molecule has 0 spiro atoms. The van der Waals surface area contributed by atoms with Gasteiger partial charge in [0.2, 0.25) is 0 Å². The molecular formula is C14H23NO. The van der Waals surface area contributed by atoms with Crippen LogP contribution in [0.3, 0.4) is 0 Å². The Balaban J connectivity index is 2.94. The standard InChI is InChI=1S/C14H23NO/c1-4-7-12(2)14(15-10-11-16)9-6-5-8-13(14)3/h4,7,15-16H,1,3,5-6,8-11H2,2H3/b12-7+/t14-/m1/s1. The van der Waals surface area contributed by atoms with E-state index in [9.17, 15) is 0 Å². The van der Waals surface area contributed by atoms with Crippen LogP contribution in [0.15, 0.2) is 36.5 Å². The Morgan fingerprint density at radius 3 is 2.88 bits per heavy atom. The Hall–Kier alpha value is -0.860. The van der Waals surface area contributed by atoms with Crippen molar-refractivity contribution in [1.82, 2.24) is 5.32 Å². The zero-order chi connectivity index (χ0) is 12.0. The van der Waals surface area contributed by atoms with Crippen molar-refractivity contribution in [2.45, 2.75) is 38.1 Å². The zero-order valence-corrected chi connectivity index (χ0v) is 10.3. The second kappa shape index (κ2) is 6.02. The van der Waals surface area contributed by atoms with Gasteiger partial charge in [-0.05, 0) is 31.8 Å². The summed E-state index contributed by atoms with van der Waals surface area (Å²) in [5, 5.41) is 12.4. The number of hydrogen-bond donors (Lipinski definition) is 2. The molecule has 0 radical (unpaired) electrons. The average Bonchev–Trinajstić information content (AvgIpc) is 2.28. The van der Waals surface area contributed by atoms with Crippen molar-refractivity contribution in [3.8, 4) is 0 Å². The van der Waals surface area contributed by atoms with E-state index in [0.29, 0.717) is 6.54 Å². The van der Waals surface area contributed by atoms with Crippen LogP contribution in [-0.2, 0) is 0 Å². The fraction of sp³-hybridized carbons (Fsp3) is 0.571. The Kier molecular flexibility index (Phi) is 4.97. The van der Waals surface area contributed by atoms with Crippen LogP contribution in [0.1, 0.15) is 32.6 Å². The maximum absolute atomic E-state index is 8.98. The molecule has 0 unspecified atom stereocenters. The fourth-order valence-corrected chi connectivity index (χ4v) is 2.54. The minimum Gasteiger partial charge on any atom is -0.395 e. The van der Waals surface area contributed by atoms with Crippen LogP contribution in [0.5, 0.6) is 0 Å². The molecular weight excluding hydrogens is 198 g/mol. The molecule has 0 aromatic heterocycles. The quantitative estimate of drug-likeness (QED) is 0.552. The van der Waals surface area contributed by atoms with Gasteiger partial charge in [0, 0.05) is 6.54 Å². The lowest BCUT2D eigenvalue weighted by molar-refractivity contribution is 0.262. The highest BCUT2D eigenvalue weighted by molar-refractivity contribution is 5.36. The minimum atomic E-state index is -0.116. The monoisotopic (exact) mass is 221 g/mol. The van der Waals surface area contributed by atoms with Gasteiger partial charge < -0.3 is 10.4 Å². The topological polar surface area (TPSA) is 32.3 Å². The molecule has 1 rings (SSSR count). The van der Waals surface area contributed by atoms with Crippen LogP contribution in [0.4, 0.5) is 0 Å². The van der Waals surface area contributed by atoms with E-state index in [4.69, 9.17) is 5.11 Å². The van der Waals surface area contributed by atoms with Crippen molar-refractivity contribution in [1.29, 1.82) is 0 Å². The van der Waals surface area contributed by atoms with Gasteiger partial charge in [-0.25, -0.2) is 0 Å². The lowest BCUT2D eigenvalue weighted by Crippen LogP contribution is -2.50. The Morgan fingerprint density at radius 1 is 1.56 bits per heavy atom. The van der Waals surface area contributed by atoms with Crippen molar-refractivity contribution in [2.24, 2.45) is 0 Å². The normalized spacial score (nSPS) is 26.9. The molecule has 0 amide bonds. The molecule has 0 aliphatic heterocycles. The number of nitrogens with one attached hydrogen (secondary N) is 1. The van der Waals surface area contributed by atoms with Gasteiger partial charge in [-0.3, -0.25) is 0 Å². The summed E-state index contributed by atoms with van der Waals surface area (Å²) in [4.78, 5) is 0. The maximum atomic E-state index is 8.98. The summed E-state index contributed by atoms with van der Waals surface area (Å²) in [6, 6.07) is 0. The summed E-state index contributed by atoms with van der Waals surface area (Å²) in [7, 11) is 0. The van der Waals surface area contributed by atoms with E-state index in [0.717, 1.165) is 12.8 Å². The van der Waals surface area contributed by atoms with Crippen LogP contribution in [-0.4, -0.2) is 23.8 Å². The molecule has 1 aliphatic carbocycles. The van der Waals surface area contributed by atoms with Crippen molar-refractivity contribution in [3.63, 3.8) is 0 Å². The van der Waals surface area contributed by atoms with Gasteiger partial charge in [0.25, 0.3) is 0 Å². The third-order valence-electron chi connectivity index (χ3n) is 3.46. The number of β-amino-alcohol motifs (C(OH)–C–C–N with tert-alkyl or cyclic N) is 1. The van der Waals surface area contributed by atoms with Crippen LogP contribution >= 0.6 is 0 Å². The number of aliphatic hydroxyl groups is 1. The molecule has 2 N–H and O–H groups in total. The molecule has 0 heterocycles. The molecule has 0 aromatic rings. The van der Waals surface area contributed by atoms with Gasteiger partial charge in [-0.2, -0.15) is 0 Å². The SMILES string of the molecule is C=C/C=C(\C)[C@]1(NCCO)CCCCC1=C. The van der Waals surface area contributed by atoms with E-state index in [1.807, 2.05) is 12.2 Å². The van der Waals surface area contributed by atoms with Crippen LogP contribution in [0, 0.1) is 0 Å². The van der Waals surface area contributed by atoms with Gasteiger partial charge in [0.1, 0.15) is 0 Å². The molecule has 90 valence electrons. The van der Waals surface area contributed by atoms with Crippen molar-refractivity contribution in [3.05, 3.63) is 36.5 Å².